The number of anilines is 1. The Labute approximate surface area is 174 Å². The van der Waals surface area contributed by atoms with Gasteiger partial charge in [0.25, 0.3) is 5.69 Å². The fourth-order valence-corrected chi connectivity index (χ4v) is 2.72. The lowest BCUT2D eigenvalue weighted by Gasteiger charge is -2.11. The molecule has 8 nitrogen and oxygen atoms in total. The molecule has 0 aliphatic heterocycles. The third kappa shape index (κ3) is 6.04. The van der Waals surface area contributed by atoms with Gasteiger partial charge in [-0.2, -0.15) is 18.3 Å². The fraction of sp³-hybridized carbons (Fsp3) is 0.200. The summed E-state index contributed by atoms with van der Waals surface area (Å²) in [5, 5.41) is 17.9. The van der Waals surface area contributed by atoms with Crippen LogP contribution in [-0.2, 0) is 17.5 Å². The topological polar surface area (TPSA) is 99.3 Å². The molecule has 0 spiro atoms. The van der Waals surface area contributed by atoms with Gasteiger partial charge in [0.1, 0.15) is 11.5 Å². The van der Waals surface area contributed by atoms with E-state index >= 15 is 0 Å². The molecule has 0 atom stereocenters. The van der Waals surface area contributed by atoms with Gasteiger partial charge in [-0.1, -0.05) is 6.07 Å². The Morgan fingerprint density at radius 3 is 2.61 bits per heavy atom. The molecule has 3 rings (SSSR count). The Hall–Kier alpha value is -3.89. The van der Waals surface area contributed by atoms with Crippen LogP contribution in [0.25, 0.3) is 0 Å². The van der Waals surface area contributed by atoms with Gasteiger partial charge in [-0.05, 0) is 31.2 Å². The minimum atomic E-state index is -4.56. The first kappa shape index (κ1) is 21.8. The molecule has 2 aromatic carbocycles. The van der Waals surface area contributed by atoms with Gasteiger partial charge >= 0.3 is 6.18 Å². The third-order valence-electron chi connectivity index (χ3n) is 4.12. The Kier molecular flexibility index (Phi) is 6.23. The van der Waals surface area contributed by atoms with Crippen molar-refractivity contribution in [2.45, 2.75) is 26.1 Å². The summed E-state index contributed by atoms with van der Waals surface area (Å²) in [7, 11) is 0. The lowest BCUT2D eigenvalue weighted by molar-refractivity contribution is -0.384. The van der Waals surface area contributed by atoms with Gasteiger partial charge in [0, 0.05) is 31.3 Å². The van der Waals surface area contributed by atoms with E-state index in [1.165, 1.54) is 12.1 Å². The van der Waals surface area contributed by atoms with Gasteiger partial charge in [0.2, 0.25) is 5.91 Å². The average Bonchev–Trinajstić information content (AvgIpc) is 3.11. The summed E-state index contributed by atoms with van der Waals surface area (Å²) in [5.74, 6) is -0.660. The van der Waals surface area contributed by atoms with E-state index in [0.717, 1.165) is 36.0 Å². The molecule has 1 heterocycles. The van der Waals surface area contributed by atoms with Crippen molar-refractivity contribution in [3.8, 4) is 11.5 Å². The van der Waals surface area contributed by atoms with Crippen molar-refractivity contribution >= 4 is 17.3 Å². The number of nitro groups is 1. The fourth-order valence-electron chi connectivity index (χ4n) is 2.72. The zero-order chi connectivity index (χ0) is 22.6. The van der Waals surface area contributed by atoms with Crippen molar-refractivity contribution in [2.24, 2.45) is 0 Å². The van der Waals surface area contributed by atoms with Gasteiger partial charge < -0.3 is 10.1 Å². The maximum atomic E-state index is 12.9. The van der Waals surface area contributed by atoms with Crippen molar-refractivity contribution in [2.75, 3.05) is 5.32 Å². The largest absolute Gasteiger partial charge is 0.457 e. The third-order valence-corrected chi connectivity index (χ3v) is 4.12. The highest BCUT2D eigenvalue weighted by atomic mass is 19.4. The Bertz CT molecular complexity index is 1110. The van der Waals surface area contributed by atoms with Crippen LogP contribution in [0.3, 0.4) is 0 Å². The quantitative estimate of drug-likeness (QED) is 0.419. The van der Waals surface area contributed by atoms with Crippen LogP contribution in [0.4, 0.5) is 24.5 Å². The highest BCUT2D eigenvalue weighted by Crippen LogP contribution is 2.34. The molecule has 0 saturated carbocycles. The number of benzene rings is 2. The van der Waals surface area contributed by atoms with Crippen LogP contribution in [0.5, 0.6) is 11.5 Å². The second-order valence-electron chi connectivity index (χ2n) is 6.62. The van der Waals surface area contributed by atoms with Crippen molar-refractivity contribution in [1.29, 1.82) is 0 Å². The molecule has 1 amide bonds. The summed E-state index contributed by atoms with van der Waals surface area (Å²) in [6, 6.07) is 9.39. The number of aromatic nitrogens is 2. The molecule has 162 valence electrons. The van der Waals surface area contributed by atoms with Crippen LogP contribution < -0.4 is 10.1 Å². The minimum Gasteiger partial charge on any atom is -0.457 e. The monoisotopic (exact) mass is 434 g/mol. The Morgan fingerprint density at radius 1 is 1.19 bits per heavy atom. The van der Waals surface area contributed by atoms with Crippen molar-refractivity contribution in [1.82, 2.24) is 9.78 Å². The molecule has 0 fully saturated rings. The molecule has 0 radical (unpaired) electrons. The van der Waals surface area contributed by atoms with E-state index < -0.39 is 22.6 Å². The second kappa shape index (κ2) is 8.86. The van der Waals surface area contributed by atoms with Gasteiger partial charge in [0.05, 0.1) is 27.9 Å². The number of hydrogen-bond donors (Lipinski definition) is 1. The zero-order valence-corrected chi connectivity index (χ0v) is 16.2. The van der Waals surface area contributed by atoms with Gasteiger partial charge in [-0.25, -0.2) is 0 Å². The standard InChI is InChI=1S/C20H17F3N4O4/c1-13-5-7-26(25-13)8-6-19(28)24-15-10-16(27(29)30)12-18(11-15)31-17-4-2-3-14(9-17)20(21,22)23/h2-5,7,9-12H,6,8H2,1H3,(H,24,28). The molecule has 0 aliphatic rings. The number of carbonyl (C=O) groups excluding carboxylic acids is 1. The van der Waals surface area contributed by atoms with E-state index in [1.54, 1.807) is 16.9 Å². The smallest absolute Gasteiger partial charge is 0.416 e. The van der Waals surface area contributed by atoms with Gasteiger partial charge in [-0.15, -0.1) is 0 Å². The van der Waals surface area contributed by atoms with Gasteiger partial charge in [0.15, 0.2) is 0 Å². The summed E-state index contributed by atoms with van der Waals surface area (Å²) in [6.07, 6.45) is -2.78. The first-order chi connectivity index (χ1) is 14.6. The lowest BCUT2D eigenvalue weighted by atomic mass is 10.2. The number of aryl methyl sites for hydroxylation is 2. The summed E-state index contributed by atoms with van der Waals surface area (Å²) in [6.45, 7) is 2.12. The van der Waals surface area contributed by atoms with Crippen LogP contribution >= 0.6 is 0 Å². The number of nitro benzene ring substituents is 1. The number of nitrogens with one attached hydrogen (secondary N) is 1. The molecule has 1 N–H and O–H groups in total. The second-order valence-corrected chi connectivity index (χ2v) is 6.62. The number of hydrogen-bond acceptors (Lipinski definition) is 5. The van der Waals surface area contributed by atoms with E-state index in [0.29, 0.717) is 6.54 Å². The molecular weight excluding hydrogens is 417 g/mol. The molecule has 31 heavy (non-hydrogen) atoms. The SMILES string of the molecule is Cc1ccn(CCC(=O)Nc2cc(Oc3cccc(C(F)(F)F)c3)cc([N+](=O)[O-])c2)n1. The number of halogens is 3. The maximum absolute atomic E-state index is 12.9. The maximum Gasteiger partial charge on any atom is 0.416 e. The lowest BCUT2D eigenvalue weighted by Crippen LogP contribution is -2.15. The number of non-ortho nitro benzene ring substituents is 1. The van der Waals surface area contributed by atoms with E-state index in [9.17, 15) is 28.1 Å². The van der Waals surface area contributed by atoms with Crippen LogP contribution in [0.2, 0.25) is 0 Å². The minimum absolute atomic E-state index is 0.0631. The molecule has 0 aliphatic carbocycles. The molecule has 0 saturated heterocycles. The first-order valence-corrected chi connectivity index (χ1v) is 9.05. The number of ether oxygens (including phenoxy) is 1. The number of nitrogens with zero attached hydrogens (tertiary/aromatic N) is 3. The molecule has 3 aromatic rings. The van der Waals surface area contributed by atoms with Gasteiger partial charge in [-0.3, -0.25) is 19.6 Å². The van der Waals surface area contributed by atoms with E-state index in [4.69, 9.17) is 4.74 Å². The van der Waals surface area contributed by atoms with E-state index in [2.05, 4.69) is 10.4 Å². The number of rotatable bonds is 7. The van der Waals surface area contributed by atoms with E-state index in [-0.39, 0.29) is 29.3 Å². The highest BCUT2D eigenvalue weighted by molar-refractivity contribution is 5.91. The van der Waals surface area contributed by atoms with Crippen LogP contribution in [0.15, 0.2) is 54.7 Å². The number of amides is 1. The summed E-state index contributed by atoms with van der Waals surface area (Å²) < 4.78 is 45.6. The molecule has 1 aromatic heterocycles. The molecule has 0 unspecified atom stereocenters. The molecular formula is C20H17F3N4O4. The Morgan fingerprint density at radius 2 is 1.97 bits per heavy atom. The summed E-state index contributed by atoms with van der Waals surface area (Å²) in [5.41, 5.74) is -0.423. The zero-order valence-electron chi connectivity index (χ0n) is 16.2. The highest BCUT2D eigenvalue weighted by Gasteiger charge is 2.30. The average molecular weight is 434 g/mol. The summed E-state index contributed by atoms with van der Waals surface area (Å²) in [4.78, 5) is 22.7. The number of carbonyl (C=O) groups is 1. The molecule has 0 bridgehead atoms. The first-order valence-electron chi connectivity index (χ1n) is 9.05. The van der Waals surface area contributed by atoms with Crippen LogP contribution in [-0.4, -0.2) is 20.6 Å². The van der Waals surface area contributed by atoms with Crippen molar-refractivity contribution in [3.05, 3.63) is 76.1 Å². The van der Waals surface area contributed by atoms with Crippen molar-refractivity contribution < 1.29 is 27.6 Å². The van der Waals surface area contributed by atoms with Crippen molar-refractivity contribution in [3.63, 3.8) is 0 Å². The van der Waals surface area contributed by atoms with Crippen LogP contribution in [0.1, 0.15) is 17.7 Å². The normalized spacial score (nSPS) is 11.2. The Balaban J connectivity index is 1.76. The van der Waals surface area contributed by atoms with E-state index in [1.807, 2.05) is 6.92 Å². The summed E-state index contributed by atoms with van der Waals surface area (Å²) >= 11 is 0. The number of alkyl halides is 3. The van der Waals surface area contributed by atoms with Crippen LogP contribution in [0, 0.1) is 17.0 Å². The predicted molar refractivity (Wildman–Crippen MR) is 105 cm³/mol. The molecule has 11 heteroatoms. The predicted octanol–water partition coefficient (Wildman–Crippen LogP) is 4.94.